The highest BCUT2D eigenvalue weighted by atomic mass is 32.1. The zero-order valence-corrected chi connectivity index (χ0v) is 19.6. The molecule has 1 amide bonds. The second kappa shape index (κ2) is 11.0. The minimum absolute atomic E-state index is 0.0130. The Morgan fingerprint density at radius 3 is 2.39 bits per heavy atom. The number of nitrogens with one attached hydrogen (secondary N) is 2. The number of esters is 3. The molecular weight excluding hydrogens is 448 g/mol. The third-order valence-electron chi connectivity index (χ3n) is 4.96. The molecular formula is C23H26N2O7S. The summed E-state index contributed by atoms with van der Waals surface area (Å²) in [4.78, 5) is 52.6. The lowest BCUT2D eigenvalue weighted by Gasteiger charge is -2.08. The summed E-state index contributed by atoms with van der Waals surface area (Å²) >= 11 is 1.40. The monoisotopic (exact) mass is 474 g/mol. The van der Waals surface area contributed by atoms with Gasteiger partial charge in [-0.15, -0.1) is 11.3 Å². The molecule has 3 rings (SSSR count). The third-order valence-corrected chi connectivity index (χ3v) is 5.79. The summed E-state index contributed by atoms with van der Waals surface area (Å²) in [5.41, 5.74) is 2.64. The molecule has 0 bridgehead atoms. The van der Waals surface area contributed by atoms with E-state index in [-0.39, 0.29) is 50.7 Å². The van der Waals surface area contributed by atoms with Crippen LogP contribution in [0.25, 0.3) is 11.6 Å². The SMILES string of the molecule is CCOC(=O)CCc1c(C(=O)OCC)[nH]c(/C=C2\C(=O)Nc3sccc32)c1CC(=O)OCC. The topological polar surface area (TPSA) is 124 Å². The number of hydrogen-bond donors (Lipinski definition) is 2. The Balaban J connectivity index is 2.10. The molecule has 0 atom stereocenters. The van der Waals surface area contributed by atoms with Crippen molar-refractivity contribution >= 4 is 51.8 Å². The number of carbonyl (C=O) groups is 4. The first-order valence-corrected chi connectivity index (χ1v) is 11.6. The zero-order valence-electron chi connectivity index (χ0n) is 18.7. The standard InChI is InChI=1S/C23H26N2O7S/c1-4-30-18(26)8-7-13-15(12-19(27)31-5-2)17(24-20(13)23(29)32-6-3)11-16-14-9-10-33-22(14)25-21(16)28/h9-11,24H,4-8,12H2,1-3H3,(H,25,28)/b16-11-. The Morgan fingerprint density at radius 1 is 1.00 bits per heavy atom. The van der Waals surface area contributed by atoms with Crippen LogP contribution in [0.5, 0.6) is 0 Å². The molecule has 0 spiro atoms. The van der Waals surface area contributed by atoms with Gasteiger partial charge >= 0.3 is 17.9 Å². The van der Waals surface area contributed by atoms with Gasteiger partial charge < -0.3 is 24.5 Å². The van der Waals surface area contributed by atoms with Crippen LogP contribution in [-0.2, 0) is 41.4 Å². The van der Waals surface area contributed by atoms with E-state index in [0.29, 0.717) is 22.4 Å². The number of ether oxygens (including phenoxy) is 3. The second-order valence-electron chi connectivity index (χ2n) is 7.05. The summed E-state index contributed by atoms with van der Waals surface area (Å²) in [6, 6.07) is 1.83. The van der Waals surface area contributed by atoms with Crippen molar-refractivity contribution in [2.45, 2.75) is 40.0 Å². The van der Waals surface area contributed by atoms with Gasteiger partial charge in [0.1, 0.15) is 10.7 Å². The molecule has 176 valence electrons. The Labute approximate surface area is 195 Å². The predicted octanol–water partition coefficient (Wildman–Crippen LogP) is 3.35. The lowest BCUT2D eigenvalue weighted by molar-refractivity contribution is -0.143. The fourth-order valence-corrected chi connectivity index (χ4v) is 4.39. The van der Waals surface area contributed by atoms with Gasteiger partial charge in [-0.2, -0.15) is 0 Å². The Morgan fingerprint density at radius 2 is 1.70 bits per heavy atom. The molecule has 2 N–H and O–H groups in total. The van der Waals surface area contributed by atoms with Crippen molar-refractivity contribution in [1.82, 2.24) is 4.98 Å². The van der Waals surface area contributed by atoms with Gasteiger partial charge in [0.15, 0.2) is 0 Å². The number of thiophene rings is 1. The molecule has 1 aliphatic rings. The smallest absolute Gasteiger partial charge is 0.355 e. The van der Waals surface area contributed by atoms with Crippen LogP contribution in [0.15, 0.2) is 11.4 Å². The Bertz CT molecular complexity index is 1100. The lowest BCUT2D eigenvalue weighted by atomic mass is 9.99. The summed E-state index contributed by atoms with van der Waals surface area (Å²) in [6.07, 6.45) is 1.63. The number of fused-ring (bicyclic) bond motifs is 1. The van der Waals surface area contributed by atoms with Gasteiger partial charge in [0, 0.05) is 17.7 Å². The van der Waals surface area contributed by atoms with E-state index in [1.165, 1.54) is 11.3 Å². The van der Waals surface area contributed by atoms with Crippen molar-refractivity contribution < 1.29 is 33.4 Å². The Hall–Kier alpha value is -3.40. The van der Waals surface area contributed by atoms with Crippen molar-refractivity contribution in [2.75, 3.05) is 25.1 Å². The lowest BCUT2D eigenvalue weighted by Crippen LogP contribution is -2.13. The van der Waals surface area contributed by atoms with E-state index in [1.807, 2.05) is 11.4 Å². The van der Waals surface area contributed by atoms with Crippen molar-refractivity contribution in [1.29, 1.82) is 0 Å². The van der Waals surface area contributed by atoms with Gasteiger partial charge in [-0.3, -0.25) is 14.4 Å². The number of amides is 1. The van der Waals surface area contributed by atoms with Crippen LogP contribution in [0, 0.1) is 0 Å². The number of anilines is 1. The highest BCUT2D eigenvalue weighted by Crippen LogP contribution is 2.38. The average Bonchev–Trinajstić information content (AvgIpc) is 3.43. The van der Waals surface area contributed by atoms with Crippen molar-refractivity contribution in [3.05, 3.63) is 39.5 Å². The molecule has 2 aromatic heterocycles. The fourth-order valence-electron chi connectivity index (χ4n) is 3.59. The molecule has 0 saturated carbocycles. The van der Waals surface area contributed by atoms with Crippen LogP contribution in [-0.4, -0.2) is 48.6 Å². The molecule has 33 heavy (non-hydrogen) atoms. The van der Waals surface area contributed by atoms with E-state index in [1.54, 1.807) is 26.8 Å². The van der Waals surface area contributed by atoms with E-state index in [9.17, 15) is 19.2 Å². The minimum Gasteiger partial charge on any atom is -0.466 e. The zero-order chi connectivity index (χ0) is 24.0. The molecule has 0 unspecified atom stereocenters. The average molecular weight is 475 g/mol. The predicted molar refractivity (Wildman–Crippen MR) is 123 cm³/mol. The highest BCUT2D eigenvalue weighted by molar-refractivity contribution is 7.15. The molecule has 3 heterocycles. The first-order chi connectivity index (χ1) is 15.9. The maximum Gasteiger partial charge on any atom is 0.355 e. The summed E-state index contributed by atoms with van der Waals surface area (Å²) in [6.45, 7) is 5.68. The van der Waals surface area contributed by atoms with Crippen molar-refractivity contribution in [3.8, 4) is 0 Å². The number of aromatic amines is 1. The quantitative estimate of drug-likeness (QED) is 0.307. The van der Waals surface area contributed by atoms with Crippen LogP contribution in [0.4, 0.5) is 5.00 Å². The molecule has 0 radical (unpaired) electrons. The molecule has 0 aliphatic carbocycles. The van der Waals surface area contributed by atoms with Gasteiger partial charge in [0.2, 0.25) is 0 Å². The number of H-pyrrole nitrogens is 1. The van der Waals surface area contributed by atoms with Crippen LogP contribution in [0.2, 0.25) is 0 Å². The van der Waals surface area contributed by atoms with Gasteiger partial charge in [-0.25, -0.2) is 4.79 Å². The van der Waals surface area contributed by atoms with E-state index >= 15 is 0 Å². The summed E-state index contributed by atoms with van der Waals surface area (Å²) in [5.74, 6) is -1.80. The number of rotatable bonds is 10. The first-order valence-electron chi connectivity index (χ1n) is 10.7. The number of hydrogen-bond acceptors (Lipinski definition) is 8. The molecule has 0 saturated heterocycles. The number of aromatic nitrogens is 1. The largest absolute Gasteiger partial charge is 0.466 e. The van der Waals surface area contributed by atoms with Crippen molar-refractivity contribution in [2.24, 2.45) is 0 Å². The summed E-state index contributed by atoms with van der Waals surface area (Å²) in [7, 11) is 0. The van der Waals surface area contributed by atoms with Gasteiger partial charge in [0.05, 0.1) is 31.8 Å². The van der Waals surface area contributed by atoms with E-state index in [2.05, 4.69) is 10.3 Å². The minimum atomic E-state index is -0.613. The van der Waals surface area contributed by atoms with E-state index in [4.69, 9.17) is 14.2 Å². The number of carbonyl (C=O) groups excluding carboxylic acids is 4. The Kier molecular flexibility index (Phi) is 8.05. The normalized spacial score (nSPS) is 13.5. The third kappa shape index (κ3) is 5.51. The maximum absolute atomic E-state index is 12.7. The molecule has 0 aromatic carbocycles. The van der Waals surface area contributed by atoms with E-state index < -0.39 is 17.9 Å². The molecule has 9 nitrogen and oxygen atoms in total. The molecule has 10 heteroatoms. The fraction of sp³-hybridized carbons (Fsp3) is 0.391. The van der Waals surface area contributed by atoms with Crippen LogP contribution < -0.4 is 5.32 Å². The highest BCUT2D eigenvalue weighted by Gasteiger charge is 2.29. The van der Waals surface area contributed by atoms with Gasteiger partial charge in [0.25, 0.3) is 5.91 Å². The first kappa shape index (κ1) is 24.2. The molecule has 2 aromatic rings. The summed E-state index contributed by atoms with van der Waals surface area (Å²) < 4.78 is 15.3. The van der Waals surface area contributed by atoms with Crippen LogP contribution >= 0.6 is 11.3 Å². The second-order valence-corrected chi connectivity index (χ2v) is 7.97. The van der Waals surface area contributed by atoms with E-state index in [0.717, 1.165) is 10.6 Å². The molecule has 1 aliphatic heterocycles. The van der Waals surface area contributed by atoms with Gasteiger partial charge in [-0.05, 0) is 55.8 Å². The van der Waals surface area contributed by atoms with Gasteiger partial charge in [-0.1, -0.05) is 0 Å². The molecule has 0 fully saturated rings. The van der Waals surface area contributed by atoms with Crippen molar-refractivity contribution in [3.63, 3.8) is 0 Å². The van der Waals surface area contributed by atoms with Crippen LogP contribution in [0.1, 0.15) is 60.1 Å². The van der Waals surface area contributed by atoms with Crippen LogP contribution in [0.3, 0.4) is 0 Å². The maximum atomic E-state index is 12.7. The summed E-state index contributed by atoms with van der Waals surface area (Å²) in [5, 5.41) is 5.40.